The van der Waals surface area contributed by atoms with Crippen LogP contribution in [0.3, 0.4) is 0 Å². The van der Waals surface area contributed by atoms with Gasteiger partial charge in [0.05, 0.1) is 0 Å². The molecule has 2 atom stereocenters. The largest absolute Gasteiger partial charge is 0.310 e. The highest BCUT2D eigenvalue weighted by atomic mass is 32.2. The lowest BCUT2D eigenvalue weighted by atomic mass is 10.0. The molecule has 0 bridgehead atoms. The molecule has 116 valence electrons. The van der Waals surface area contributed by atoms with Gasteiger partial charge in [0.25, 0.3) is 10.0 Å². The first kappa shape index (κ1) is 14.2. The molecule has 1 aromatic rings. The van der Waals surface area contributed by atoms with Gasteiger partial charge in [0, 0.05) is 25.7 Å². The van der Waals surface area contributed by atoms with Gasteiger partial charge in [0.2, 0.25) is 0 Å². The molecule has 0 spiro atoms. The summed E-state index contributed by atoms with van der Waals surface area (Å²) in [5.74, 6) is 1.21. The van der Waals surface area contributed by atoms with Crippen LogP contribution in [-0.4, -0.2) is 31.9 Å². The van der Waals surface area contributed by atoms with Gasteiger partial charge < -0.3 is 5.32 Å². The third-order valence-electron chi connectivity index (χ3n) is 5.09. The minimum absolute atomic E-state index is 0.523. The maximum atomic E-state index is 12.7. The third-order valence-corrected chi connectivity index (χ3v) is 8.38. The minimum Gasteiger partial charge on any atom is -0.310 e. The minimum atomic E-state index is -3.26. The quantitative estimate of drug-likeness (QED) is 0.904. The van der Waals surface area contributed by atoms with Crippen LogP contribution < -0.4 is 5.32 Å². The van der Waals surface area contributed by atoms with E-state index in [2.05, 4.69) is 5.32 Å². The van der Waals surface area contributed by atoms with Crippen LogP contribution in [0.4, 0.5) is 0 Å². The van der Waals surface area contributed by atoms with Crippen molar-refractivity contribution in [3.05, 3.63) is 17.0 Å². The van der Waals surface area contributed by atoms with Crippen molar-refractivity contribution in [1.29, 1.82) is 0 Å². The molecular formula is C15H22N2O2S2. The molecule has 2 heterocycles. The van der Waals surface area contributed by atoms with Crippen molar-refractivity contribution < 1.29 is 8.42 Å². The molecule has 6 heteroatoms. The van der Waals surface area contributed by atoms with E-state index in [1.54, 1.807) is 4.31 Å². The molecule has 1 aliphatic heterocycles. The van der Waals surface area contributed by atoms with Gasteiger partial charge in [-0.05, 0) is 54.5 Å². The van der Waals surface area contributed by atoms with Crippen molar-refractivity contribution >= 4 is 21.4 Å². The zero-order valence-corrected chi connectivity index (χ0v) is 13.8. The smallest absolute Gasteiger partial charge is 0.252 e. The van der Waals surface area contributed by atoms with Gasteiger partial charge in [-0.1, -0.05) is 6.42 Å². The van der Waals surface area contributed by atoms with Gasteiger partial charge in [0.1, 0.15) is 4.21 Å². The Morgan fingerprint density at radius 3 is 2.57 bits per heavy atom. The summed E-state index contributed by atoms with van der Waals surface area (Å²) in [5.41, 5.74) is 1.10. The van der Waals surface area contributed by atoms with Gasteiger partial charge in [-0.2, -0.15) is 4.31 Å². The molecular weight excluding hydrogens is 304 g/mol. The van der Waals surface area contributed by atoms with Crippen molar-refractivity contribution in [3.8, 4) is 0 Å². The summed E-state index contributed by atoms with van der Waals surface area (Å²) in [5, 5.41) is 5.42. The van der Waals surface area contributed by atoms with E-state index in [-0.39, 0.29) is 0 Å². The van der Waals surface area contributed by atoms with E-state index in [1.165, 1.54) is 43.4 Å². The Morgan fingerprint density at radius 2 is 1.90 bits per heavy atom. The standard InChI is InChI=1S/C15H22N2O2S2/c18-21(19,17-8-12-2-1-3-13(12)9-17)15-6-11(10-20-15)7-16-14-4-5-14/h6,10,12-14,16H,1-5,7-9H2. The van der Waals surface area contributed by atoms with Crippen LogP contribution in [0.5, 0.6) is 0 Å². The summed E-state index contributed by atoms with van der Waals surface area (Å²) in [4.78, 5) is 0. The van der Waals surface area contributed by atoms with Crippen LogP contribution in [0.1, 0.15) is 37.7 Å². The van der Waals surface area contributed by atoms with Gasteiger partial charge in [0.15, 0.2) is 0 Å². The first-order chi connectivity index (χ1) is 10.1. The van der Waals surface area contributed by atoms with Crippen LogP contribution in [0.15, 0.2) is 15.7 Å². The lowest BCUT2D eigenvalue weighted by Gasteiger charge is -2.15. The first-order valence-corrected chi connectivity index (χ1v) is 10.3. The summed E-state index contributed by atoms with van der Waals surface area (Å²) < 4.78 is 27.7. The summed E-state index contributed by atoms with van der Waals surface area (Å²) in [6.45, 7) is 2.27. The Kier molecular flexibility index (Phi) is 3.60. The number of nitrogens with one attached hydrogen (secondary N) is 1. The Morgan fingerprint density at radius 1 is 1.19 bits per heavy atom. The topological polar surface area (TPSA) is 49.4 Å². The van der Waals surface area contributed by atoms with Gasteiger partial charge in [-0.15, -0.1) is 11.3 Å². The first-order valence-electron chi connectivity index (χ1n) is 7.94. The molecule has 2 saturated carbocycles. The van der Waals surface area contributed by atoms with Crippen molar-refractivity contribution in [1.82, 2.24) is 9.62 Å². The van der Waals surface area contributed by atoms with Crippen LogP contribution in [0.25, 0.3) is 0 Å². The summed E-state index contributed by atoms with van der Waals surface area (Å²) in [7, 11) is -3.26. The molecule has 0 aromatic carbocycles. The number of sulfonamides is 1. The van der Waals surface area contributed by atoms with Crippen LogP contribution in [0, 0.1) is 11.8 Å². The van der Waals surface area contributed by atoms with Crippen LogP contribution >= 0.6 is 11.3 Å². The molecule has 0 radical (unpaired) electrons. The Bertz CT molecular complexity index is 609. The molecule has 21 heavy (non-hydrogen) atoms. The number of hydrogen-bond acceptors (Lipinski definition) is 4. The molecule has 4 rings (SSSR count). The number of rotatable bonds is 5. The zero-order valence-electron chi connectivity index (χ0n) is 12.1. The molecule has 1 N–H and O–H groups in total. The second-order valence-corrected chi connectivity index (χ2v) is 9.78. The van der Waals surface area contributed by atoms with E-state index in [4.69, 9.17) is 0 Å². The predicted molar refractivity (Wildman–Crippen MR) is 83.8 cm³/mol. The average Bonchev–Trinajstić information content (AvgIpc) is 2.89. The fourth-order valence-corrected chi connectivity index (χ4v) is 6.56. The molecule has 3 aliphatic rings. The Labute approximate surface area is 130 Å². The van der Waals surface area contributed by atoms with Crippen molar-refractivity contribution in [2.75, 3.05) is 13.1 Å². The zero-order chi connectivity index (χ0) is 14.4. The Balaban J connectivity index is 1.46. The van der Waals surface area contributed by atoms with Gasteiger partial charge in [-0.25, -0.2) is 8.42 Å². The highest BCUT2D eigenvalue weighted by Gasteiger charge is 2.41. The maximum Gasteiger partial charge on any atom is 0.252 e. The number of thiophene rings is 1. The molecule has 0 amide bonds. The summed E-state index contributed by atoms with van der Waals surface area (Å²) in [6.07, 6.45) is 6.20. The second kappa shape index (κ2) is 5.33. The van der Waals surface area contributed by atoms with E-state index < -0.39 is 10.0 Å². The molecule has 2 aliphatic carbocycles. The normalized spacial score (nSPS) is 29.9. The molecule has 3 fully saturated rings. The summed E-state index contributed by atoms with van der Waals surface area (Å²) in [6, 6.07) is 2.52. The average molecular weight is 326 g/mol. The maximum absolute atomic E-state index is 12.7. The number of fused-ring (bicyclic) bond motifs is 1. The number of nitrogens with zero attached hydrogens (tertiary/aromatic N) is 1. The van der Waals surface area contributed by atoms with Crippen LogP contribution in [0.2, 0.25) is 0 Å². The fourth-order valence-electron chi connectivity index (χ4n) is 3.65. The SMILES string of the molecule is O=S(=O)(c1cc(CNC2CC2)cs1)N1CC2CCCC2C1. The predicted octanol–water partition coefficient (Wildman–Crippen LogP) is 2.42. The van der Waals surface area contributed by atoms with E-state index in [1.807, 2.05) is 11.4 Å². The molecule has 4 nitrogen and oxygen atoms in total. The number of hydrogen-bond donors (Lipinski definition) is 1. The summed E-state index contributed by atoms with van der Waals surface area (Å²) >= 11 is 1.37. The van der Waals surface area contributed by atoms with Crippen molar-refractivity contribution in [2.45, 2.75) is 48.9 Å². The molecule has 1 saturated heterocycles. The van der Waals surface area contributed by atoms with E-state index in [0.717, 1.165) is 25.2 Å². The third kappa shape index (κ3) is 2.79. The lowest BCUT2D eigenvalue weighted by Crippen LogP contribution is -2.29. The van der Waals surface area contributed by atoms with Gasteiger partial charge >= 0.3 is 0 Å². The van der Waals surface area contributed by atoms with Crippen molar-refractivity contribution in [2.24, 2.45) is 11.8 Å². The van der Waals surface area contributed by atoms with E-state index in [0.29, 0.717) is 22.1 Å². The van der Waals surface area contributed by atoms with Crippen molar-refractivity contribution in [3.63, 3.8) is 0 Å². The van der Waals surface area contributed by atoms with Gasteiger partial charge in [-0.3, -0.25) is 0 Å². The Hall–Kier alpha value is -0.430. The molecule has 1 aromatic heterocycles. The van der Waals surface area contributed by atoms with Crippen LogP contribution in [-0.2, 0) is 16.6 Å². The lowest BCUT2D eigenvalue weighted by molar-refractivity contribution is 0.447. The monoisotopic (exact) mass is 326 g/mol. The van der Waals surface area contributed by atoms with E-state index in [9.17, 15) is 8.42 Å². The fraction of sp³-hybridized carbons (Fsp3) is 0.733. The highest BCUT2D eigenvalue weighted by molar-refractivity contribution is 7.91. The highest BCUT2D eigenvalue weighted by Crippen LogP contribution is 2.40. The second-order valence-electron chi connectivity index (χ2n) is 6.70. The van der Waals surface area contributed by atoms with E-state index >= 15 is 0 Å². The molecule has 2 unspecified atom stereocenters.